The summed E-state index contributed by atoms with van der Waals surface area (Å²) >= 11 is 0. The predicted octanol–water partition coefficient (Wildman–Crippen LogP) is 5.12. The molecule has 0 unspecified atom stereocenters. The van der Waals surface area contributed by atoms with Gasteiger partial charge in [-0.25, -0.2) is 4.39 Å². The van der Waals surface area contributed by atoms with Crippen molar-refractivity contribution in [1.82, 2.24) is 0 Å². The number of halogens is 4. The molecule has 0 saturated heterocycles. The second-order valence-corrected chi connectivity index (χ2v) is 7.00. The van der Waals surface area contributed by atoms with E-state index in [1.807, 2.05) is 0 Å². The first kappa shape index (κ1) is 22.1. The molecule has 0 atom stereocenters. The Balaban J connectivity index is 1.58. The van der Waals surface area contributed by atoms with E-state index in [1.54, 1.807) is 0 Å². The number of carbonyl (C=O) groups is 2. The maximum absolute atomic E-state index is 13.8. The molecule has 0 aromatic heterocycles. The van der Waals surface area contributed by atoms with Crippen LogP contribution < -0.4 is 20.1 Å². The SMILES string of the molecule is O=C(Nc1ccc(NC(=O)c2ccccc2F)cc1C(F)(F)F)c1ccc2c(c1)OCCO2. The average Bonchev–Trinajstić information content (AvgIpc) is 2.79. The van der Waals surface area contributed by atoms with Gasteiger partial charge in [-0.1, -0.05) is 12.1 Å². The number of hydrogen-bond acceptors (Lipinski definition) is 4. The Labute approximate surface area is 185 Å². The summed E-state index contributed by atoms with van der Waals surface area (Å²) in [5.74, 6) is -1.76. The van der Waals surface area contributed by atoms with Crippen molar-refractivity contribution in [2.24, 2.45) is 0 Å². The van der Waals surface area contributed by atoms with Crippen LogP contribution in [0.15, 0.2) is 60.7 Å². The summed E-state index contributed by atoms with van der Waals surface area (Å²) in [6.07, 6.45) is -4.84. The lowest BCUT2D eigenvalue weighted by atomic mass is 10.1. The molecule has 2 N–H and O–H groups in total. The summed E-state index contributed by atoms with van der Waals surface area (Å²) in [5, 5.41) is 4.47. The fourth-order valence-corrected chi connectivity index (χ4v) is 3.19. The van der Waals surface area contributed by atoms with Gasteiger partial charge in [0.15, 0.2) is 11.5 Å². The number of alkyl halides is 3. The van der Waals surface area contributed by atoms with E-state index in [2.05, 4.69) is 10.6 Å². The molecule has 0 bridgehead atoms. The second-order valence-electron chi connectivity index (χ2n) is 7.00. The minimum Gasteiger partial charge on any atom is -0.486 e. The summed E-state index contributed by atoms with van der Waals surface area (Å²) < 4.78 is 65.5. The van der Waals surface area contributed by atoms with Gasteiger partial charge in [0, 0.05) is 11.3 Å². The van der Waals surface area contributed by atoms with Crippen molar-refractivity contribution in [2.45, 2.75) is 6.18 Å². The third-order valence-electron chi connectivity index (χ3n) is 4.75. The van der Waals surface area contributed by atoms with Crippen molar-refractivity contribution in [3.8, 4) is 11.5 Å². The first-order chi connectivity index (χ1) is 15.7. The molecule has 3 aromatic carbocycles. The van der Waals surface area contributed by atoms with Crippen molar-refractivity contribution in [3.63, 3.8) is 0 Å². The van der Waals surface area contributed by atoms with Crippen molar-refractivity contribution in [3.05, 3.63) is 83.2 Å². The maximum Gasteiger partial charge on any atom is 0.418 e. The van der Waals surface area contributed by atoms with E-state index in [0.29, 0.717) is 24.2 Å². The van der Waals surface area contributed by atoms with Crippen LogP contribution in [0.2, 0.25) is 0 Å². The van der Waals surface area contributed by atoms with Crippen LogP contribution in [0.1, 0.15) is 26.3 Å². The Kier molecular flexibility index (Phi) is 5.91. The van der Waals surface area contributed by atoms with Gasteiger partial charge in [-0.3, -0.25) is 9.59 Å². The third-order valence-corrected chi connectivity index (χ3v) is 4.75. The van der Waals surface area contributed by atoms with Crippen LogP contribution in [-0.4, -0.2) is 25.0 Å². The zero-order chi connectivity index (χ0) is 23.6. The fourth-order valence-electron chi connectivity index (χ4n) is 3.19. The summed E-state index contributed by atoms with van der Waals surface area (Å²) in [6.45, 7) is 0.643. The maximum atomic E-state index is 13.8. The topological polar surface area (TPSA) is 76.7 Å². The van der Waals surface area contributed by atoms with Crippen LogP contribution in [0.25, 0.3) is 0 Å². The summed E-state index contributed by atoms with van der Waals surface area (Å²) in [4.78, 5) is 24.8. The van der Waals surface area contributed by atoms with Gasteiger partial charge in [-0.2, -0.15) is 13.2 Å². The van der Waals surface area contributed by atoms with Gasteiger partial charge in [0.05, 0.1) is 16.8 Å². The minimum absolute atomic E-state index is 0.0734. The Bertz CT molecular complexity index is 1230. The van der Waals surface area contributed by atoms with Crippen LogP contribution in [-0.2, 0) is 6.18 Å². The van der Waals surface area contributed by atoms with Crippen molar-refractivity contribution < 1.29 is 36.6 Å². The van der Waals surface area contributed by atoms with Gasteiger partial charge in [-0.05, 0) is 48.5 Å². The molecule has 0 spiro atoms. The molecule has 0 aliphatic carbocycles. The molecule has 1 aliphatic rings. The zero-order valence-electron chi connectivity index (χ0n) is 16.8. The number of hydrogen-bond donors (Lipinski definition) is 2. The lowest BCUT2D eigenvalue weighted by molar-refractivity contribution is -0.136. The number of nitrogens with one attached hydrogen (secondary N) is 2. The Morgan fingerprint density at radius 3 is 2.27 bits per heavy atom. The standard InChI is InChI=1S/C23H16F4N2O4/c24-17-4-2-1-3-15(17)22(31)28-14-6-7-18(16(12-14)23(25,26)27)29-21(30)13-5-8-19-20(11-13)33-10-9-32-19/h1-8,11-12H,9-10H2,(H,28,31)(H,29,30). The van der Waals surface area contributed by atoms with Crippen LogP contribution >= 0.6 is 0 Å². The molecule has 1 heterocycles. The van der Waals surface area contributed by atoms with E-state index in [-0.39, 0.29) is 23.4 Å². The monoisotopic (exact) mass is 460 g/mol. The zero-order valence-corrected chi connectivity index (χ0v) is 16.8. The highest BCUT2D eigenvalue weighted by Crippen LogP contribution is 2.37. The number of amides is 2. The van der Waals surface area contributed by atoms with Crippen LogP contribution in [0, 0.1) is 5.82 Å². The van der Waals surface area contributed by atoms with Gasteiger partial charge in [-0.15, -0.1) is 0 Å². The summed E-state index contributed by atoms with van der Waals surface area (Å²) in [5.41, 5.74) is -2.15. The smallest absolute Gasteiger partial charge is 0.418 e. The van der Waals surface area contributed by atoms with Gasteiger partial charge in [0.1, 0.15) is 19.0 Å². The highest BCUT2D eigenvalue weighted by atomic mass is 19.4. The minimum atomic E-state index is -4.84. The van der Waals surface area contributed by atoms with Crippen molar-refractivity contribution >= 4 is 23.2 Å². The Hall–Kier alpha value is -4.08. The summed E-state index contributed by atoms with van der Waals surface area (Å²) in [6, 6.07) is 12.2. The molecule has 2 amide bonds. The molecule has 0 fully saturated rings. The molecule has 33 heavy (non-hydrogen) atoms. The first-order valence-corrected chi connectivity index (χ1v) is 9.70. The molecule has 170 valence electrons. The molecule has 10 heteroatoms. The number of carbonyl (C=O) groups excluding carboxylic acids is 2. The summed E-state index contributed by atoms with van der Waals surface area (Å²) in [7, 11) is 0. The molecule has 6 nitrogen and oxygen atoms in total. The number of fused-ring (bicyclic) bond motifs is 1. The number of ether oxygens (including phenoxy) is 2. The molecule has 1 aliphatic heterocycles. The fraction of sp³-hybridized carbons (Fsp3) is 0.130. The van der Waals surface area contributed by atoms with E-state index >= 15 is 0 Å². The number of benzene rings is 3. The van der Waals surface area contributed by atoms with E-state index in [4.69, 9.17) is 9.47 Å². The van der Waals surface area contributed by atoms with Gasteiger partial charge >= 0.3 is 6.18 Å². The predicted molar refractivity (Wildman–Crippen MR) is 111 cm³/mol. The van der Waals surface area contributed by atoms with E-state index in [0.717, 1.165) is 12.1 Å². The second kappa shape index (κ2) is 8.81. The van der Waals surface area contributed by atoms with Crippen LogP contribution in [0.4, 0.5) is 28.9 Å². The normalized spacial score (nSPS) is 12.7. The van der Waals surface area contributed by atoms with Gasteiger partial charge in [0.2, 0.25) is 0 Å². The van der Waals surface area contributed by atoms with Gasteiger partial charge < -0.3 is 20.1 Å². The number of rotatable bonds is 4. The van der Waals surface area contributed by atoms with E-state index in [9.17, 15) is 27.2 Å². The van der Waals surface area contributed by atoms with E-state index in [1.165, 1.54) is 42.5 Å². The average molecular weight is 460 g/mol. The largest absolute Gasteiger partial charge is 0.486 e. The van der Waals surface area contributed by atoms with Gasteiger partial charge in [0.25, 0.3) is 11.8 Å². The highest BCUT2D eigenvalue weighted by molar-refractivity contribution is 6.06. The van der Waals surface area contributed by atoms with Crippen LogP contribution in [0.3, 0.4) is 0 Å². The molecule has 0 radical (unpaired) electrons. The molecular formula is C23H16F4N2O4. The highest BCUT2D eigenvalue weighted by Gasteiger charge is 2.34. The van der Waals surface area contributed by atoms with E-state index < -0.39 is 35.1 Å². The lowest BCUT2D eigenvalue weighted by Gasteiger charge is -2.19. The number of anilines is 2. The molecule has 3 aromatic rings. The third kappa shape index (κ3) is 4.89. The quantitative estimate of drug-likeness (QED) is 0.530. The van der Waals surface area contributed by atoms with Crippen molar-refractivity contribution in [2.75, 3.05) is 23.8 Å². The Morgan fingerprint density at radius 1 is 0.818 bits per heavy atom. The van der Waals surface area contributed by atoms with Crippen molar-refractivity contribution in [1.29, 1.82) is 0 Å². The first-order valence-electron chi connectivity index (χ1n) is 9.70. The Morgan fingerprint density at radius 2 is 1.55 bits per heavy atom. The van der Waals surface area contributed by atoms with Crippen LogP contribution in [0.5, 0.6) is 11.5 Å². The lowest BCUT2D eigenvalue weighted by Crippen LogP contribution is -2.19. The molecule has 4 rings (SSSR count). The molecule has 0 saturated carbocycles. The molecular weight excluding hydrogens is 444 g/mol.